The Kier molecular flexibility index (Phi) is 3.26. The van der Waals surface area contributed by atoms with Gasteiger partial charge in [-0.25, -0.2) is 8.78 Å². The second-order valence-corrected chi connectivity index (χ2v) is 4.77. The van der Waals surface area contributed by atoms with E-state index in [2.05, 4.69) is 0 Å². The van der Waals surface area contributed by atoms with Crippen LogP contribution in [0.1, 0.15) is 35.0 Å². The van der Waals surface area contributed by atoms with Crippen molar-refractivity contribution in [1.29, 1.82) is 0 Å². The SMILES string of the molecule is O=C(c1c(F)cccc1F)N1CCC[C@H]1c1ccco1. The highest BCUT2D eigenvalue weighted by Gasteiger charge is 2.34. The van der Waals surface area contributed by atoms with E-state index < -0.39 is 23.1 Å². The van der Waals surface area contributed by atoms with Crippen molar-refractivity contribution in [1.82, 2.24) is 4.90 Å². The predicted molar refractivity (Wildman–Crippen MR) is 68.1 cm³/mol. The molecule has 0 radical (unpaired) electrons. The summed E-state index contributed by atoms with van der Waals surface area (Å²) in [4.78, 5) is 13.9. The number of halogens is 2. The highest BCUT2D eigenvalue weighted by Crippen LogP contribution is 2.34. The van der Waals surface area contributed by atoms with E-state index in [4.69, 9.17) is 4.42 Å². The van der Waals surface area contributed by atoms with Gasteiger partial charge in [-0.1, -0.05) is 6.07 Å². The van der Waals surface area contributed by atoms with Crippen LogP contribution in [-0.2, 0) is 0 Å². The summed E-state index contributed by atoms with van der Waals surface area (Å²) in [6.07, 6.45) is 3.04. The minimum atomic E-state index is -0.833. The van der Waals surface area contributed by atoms with E-state index in [1.54, 1.807) is 12.1 Å². The van der Waals surface area contributed by atoms with Crippen molar-refractivity contribution in [2.75, 3.05) is 6.54 Å². The topological polar surface area (TPSA) is 33.5 Å². The van der Waals surface area contributed by atoms with Crippen LogP contribution in [0.25, 0.3) is 0 Å². The van der Waals surface area contributed by atoms with Crippen LogP contribution < -0.4 is 0 Å². The van der Waals surface area contributed by atoms with Gasteiger partial charge in [0.15, 0.2) is 0 Å². The molecule has 5 heteroatoms. The van der Waals surface area contributed by atoms with Gasteiger partial charge in [-0.2, -0.15) is 0 Å². The number of amides is 1. The van der Waals surface area contributed by atoms with E-state index in [9.17, 15) is 13.6 Å². The van der Waals surface area contributed by atoms with E-state index >= 15 is 0 Å². The van der Waals surface area contributed by atoms with Gasteiger partial charge in [-0.3, -0.25) is 4.79 Å². The molecule has 0 bridgehead atoms. The Morgan fingerprint density at radius 1 is 1.20 bits per heavy atom. The van der Waals surface area contributed by atoms with Gasteiger partial charge >= 0.3 is 0 Å². The lowest BCUT2D eigenvalue weighted by atomic mass is 10.1. The molecule has 1 atom stereocenters. The number of hydrogen-bond donors (Lipinski definition) is 0. The molecule has 20 heavy (non-hydrogen) atoms. The maximum atomic E-state index is 13.7. The van der Waals surface area contributed by atoms with E-state index in [0.717, 1.165) is 25.0 Å². The van der Waals surface area contributed by atoms with Gasteiger partial charge in [0.05, 0.1) is 12.3 Å². The minimum Gasteiger partial charge on any atom is -0.467 e. The number of carbonyl (C=O) groups excluding carboxylic acids is 1. The van der Waals surface area contributed by atoms with Gasteiger partial charge in [0.1, 0.15) is 23.0 Å². The van der Waals surface area contributed by atoms with Crippen LogP contribution in [0.3, 0.4) is 0 Å². The number of nitrogens with zero attached hydrogens (tertiary/aromatic N) is 1. The molecule has 3 nitrogen and oxygen atoms in total. The van der Waals surface area contributed by atoms with Crippen molar-refractivity contribution >= 4 is 5.91 Å². The van der Waals surface area contributed by atoms with Crippen LogP contribution in [0, 0.1) is 11.6 Å². The van der Waals surface area contributed by atoms with E-state index in [0.29, 0.717) is 12.3 Å². The normalized spacial score (nSPS) is 18.5. The van der Waals surface area contributed by atoms with Crippen LogP contribution in [0.15, 0.2) is 41.0 Å². The highest BCUT2D eigenvalue weighted by molar-refractivity contribution is 5.95. The van der Waals surface area contributed by atoms with Crippen molar-refractivity contribution in [3.05, 3.63) is 59.6 Å². The maximum Gasteiger partial charge on any atom is 0.260 e. The second-order valence-electron chi connectivity index (χ2n) is 4.77. The molecule has 0 spiro atoms. The number of rotatable bonds is 2. The Morgan fingerprint density at radius 3 is 2.60 bits per heavy atom. The first kappa shape index (κ1) is 12.8. The van der Waals surface area contributed by atoms with Crippen molar-refractivity contribution < 1.29 is 18.0 Å². The largest absolute Gasteiger partial charge is 0.467 e. The molecule has 0 aliphatic carbocycles. The molecule has 1 fully saturated rings. The van der Waals surface area contributed by atoms with Gasteiger partial charge in [0.25, 0.3) is 5.91 Å². The third-order valence-corrected chi connectivity index (χ3v) is 3.56. The molecule has 2 heterocycles. The lowest BCUT2D eigenvalue weighted by Crippen LogP contribution is -2.31. The molecule has 1 aromatic carbocycles. The Balaban J connectivity index is 1.94. The summed E-state index contributed by atoms with van der Waals surface area (Å²) in [5, 5.41) is 0. The summed E-state index contributed by atoms with van der Waals surface area (Å²) in [5.41, 5.74) is -0.494. The average molecular weight is 277 g/mol. The first-order valence-electron chi connectivity index (χ1n) is 6.47. The number of likely N-dealkylation sites (tertiary alicyclic amines) is 1. The molecule has 1 amide bonds. The summed E-state index contributed by atoms with van der Waals surface area (Å²) in [7, 11) is 0. The van der Waals surface area contributed by atoms with Crippen molar-refractivity contribution in [2.45, 2.75) is 18.9 Å². The molecule has 104 valence electrons. The first-order valence-corrected chi connectivity index (χ1v) is 6.47. The standard InChI is InChI=1S/C15H13F2NO2/c16-10-4-1-5-11(17)14(10)15(19)18-8-2-6-12(18)13-7-3-9-20-13/h1,3-5,7,9,12H,2,6,8H2/t12-/m0/s1. The lowest BCUT2D eigenvalue weighted by Gasteiger charge is -2.23. The average Bonchev–Trinajstić information content (AvgIpc) is 3.09. The number of furan rings is 1. The Bertz CT molecular complexity index is 605. The molecule has 0 unspecified atom stereocenters. The molecule has 0 saturated carbocycles. The van der Waals surface area contributed by atoms with Crippen LogP contribution in [-0.4, -0.2) is 17.4 Å². The summed E-state index contributed by atoms with van der Waals surface area (Å²) in [6.45, 7) is 0.470. The zero-order valence-corrected chi connectivity index (χ0v) is 10.7. The zero-order chi connectivity index (χ0) is 14.1. The number of benzene rings is 1. The highest BCUT2D eigenvalue weighted by atomic mass is 19.1. The Hall–Kier alpha value is -2.17. The molecule has 1 aliphatic rings. The zero-order valence-electron chi connectivity index (χ0n) is 10.7. The summed E-state index contributed by atoms with van der Waals surface area (Å²) < 4.78 is 32.7. The lowest BCUT2D eigenvalue weighted by molar-refractivity contribution is 0.0710. The van der Waals surface area contributed by atoms with Gasteiger partial charge in [-0.05, 0) is 37.1 Å². The van der Waals surface area contributed by atoms with E-state index in [-0.39, 0.29) is 6.04 Å². The van der Waals surface area contributed by atoms with E-state index in [1.165, 1.54) is 17.2 Å². The van der Waals surface area contributed by atoms with Crippen molar-refractivity contribution in [3.8, 4) is 0 Å². The van der Waals surface area contributed by atoms with Gasteiger partial charge in [-0.15, -0.1) is 0 Å². The molecule has 2 aromatic rings. The Labute approximate surface area is 114 Å². The summed E-state index contributed by atoms with van der Waals surface area (Å²) in [5.74, 6) is -1.65. The molecular weight excluding hydrogens is 264 g/mol. The van der Waals surface area contributed by atoms with Gasteiger partial charge in [0.2, 0.25) is 0 Å². The molecule has 0 N–H and O–H groups in total. The molecule has 1 aromatic heterocycles. The summed E-state index contributed by atoms with van der Waals surface area (Å²) >= 11 is 0. The first-order chi connectivity index (χ1) is 9.68. The predicted octanol–water partition coefficient (Wildman–Crippen LogP) is 3.54. The molecular formula is C15H13F2NO2. The van der Waals surface area contributed by atoms with Crippen LogP contribution in [0.5, 0.6) is 0 Å². The number of hydrogen-bond acceptors (Lipinski definition) is 2. The number of carbonyl (C=O) groups is 1. The fraction of sp³-hybridized carbons (Fsp3) is 0.267. The van der Waals surface area contributed by atoms with Gasteiger partial charge < -0.3 is 9.32 Å². The van der Waals surface area contributed by atoms with Crippen molar-refractivity contribution in [3.63, 3.8) is 0 Å². The smallest absolute Gasteiger partial charge is 0.260 e. The van der Waals surface area contributed by atoms with Gasteiger partial charge in [0, 0.05) is 6.54 Å². The van der Waals surface area contributed by atoms with Crippen molar-refractivity contribution in [2.24, 2.45) is 0 Å². The van der Waals surface area contributed by atoms with Crippen LogP contribution in [0.4, 0.5) is 8.78 Å². The fourth-order valence-electron chi connectivity index (χ4n) is 2.63. The van der Waals surface area contributed by atoms with Crippen LogP contribution in [0.2, 0.25) is 0 Å². The van der Waals surface area contributed by atoms with E-state index in [1.807, 2.05) is 0 Å². The minimum absolute atomic E-state index is 0.253. The molecule has 3 rings (SSSR count). The molecule has 1 saturated heterocycles. The Morgan fingerprint density at radius 2 is 1.95 bits per heavy atom. The summed E-state index contributed by atoms with van der Waals surface area (Å²) in [6, 6.07) is 6.68. The fourth-order valence-corrected chi connectivity index (χ4v) is 2.63. The maximum absolute atomic E-state index is 13.7. The third-order valence-electron chi connectivity index (χ3n) is 3.56. The third kappa shape index (κ3) is 2.09. The second kappa shape index (κ2) is 5.07. The monoisotopic (exact) mass is 277 g/mol. The van der Waals surface area contributed by atoms with Crippen LogP contribution >= 0.6 is 0 Å². The quantitative estimate of drug-likeness (QED) is 0.841. The molecule has 1 aliphatic heterocycles.